The number of benzene rings is 9. The zero-order chi connectivity index (χ0) is 44.3. The highest BCUT2D eigenvalue weighted by atomic mass is 28.3. The van der Waals surface area contributed by atoms with E-state index in [0.29, 0.717) is 0 Å². The van der Waals surface area contributed by atoms with Crippen LogP contribution in [0.5, 0.6) is 0 Å². The summed E-state index contributed by atoms with van der Waals surface area (Å²) in [4.78, 5) is 4.96. The van der Waals surface area contributed by atoms with E-state index in [0.717, 1.165) is 33.9 Å². The number of hydrogen-bond acceptors (Lipinski definition) is 2. The summed E-state index contributed by atoms with van der Waals surface area (Å²) < 4.78 is 0. The summed E-state index contributed by atoms with van der Waals surface area (Å²) in [5.74, 6) is 0. The van der Waals surface area contributed by atoms with Crippen molar-refractivity contribution in [3.8, 4) is 0 Å². The first-order chi connectivity index (χ1) is 31.0. The summed E-state index contributed by atoms with van der Waals surface area (Å²) >= 11 is 0. The third-order valence-electron chi connectivity index (χ3n) is 12.1. The number of rotatable bonds is 12. The predicted octanol–water partition coefficient (Wildman–Crippen LogP) is 16.4. The molecule has 0 saturated carbocycles. The SMILES string of the molecule is C[Si](C)(C)c1ccc(N(c2ccc(/C=C/c3ccccc3)cc2)c2c3ccccc3c(N(c3ccc(/C=C/c4ccccc4)cc3)c3ccc([Si](C)(C)C)cc3)c3ccccc23)cc1. The van der Waals surface area contributed by atoms with Crippen LogP contribution < -0.4 is 20.2 Å². The molecule has 0 saturated heterocycles. The standard InChI is InChI=1S/C60H56N2Si2/c1-63(2,3)53-41-37-51(38-42-53)61(49-33-29-47(30-34-49)27-25-45-17-9-7-10-18-45)59-55-21-13-15-23-57(55)60(58-24-16-14-22-56(58)59)62(52-39-43-54(44-40-52)64(4,5)6)50-35-31-48(32-36-50)28-26-46-19-11-8-12-20-46/h7-44H,1-6H3/b27-25+,28-26+. The molecule has 2 nitrogen and oxygen atoms in total. The van der Waals surface area contributed by atoms with Crippen LogP contribution in [0.4, 0.5) is 34.1 Å². The molecule has 0 atom stereocenters. The van der Waals surface area contributed by atoms with Crippen LogP contribution in [-0.4, -0.2) is 16.1 Å². The molecule has 4 heteroatoms. The number of fused-ring (bicyclic) bond motifs is 2. The normalized spacial score (nSPS) is 12.1. The van der Waals surface area contributed by atoms with Crippen LogP contribution in [0.2, 0.25) is 39.3 Å². The third-order valence-corrected chi connectivity index (χ3v) is 16.3. The van der Waals surface area contributed by atoms with Crippen molar-refractivity contribution in [2.45, 2.75) is 39.3 Å². The quantitative estimate of drug-likeness (QED) is 0.0523. The van der Waals surface area contributed by atoms with Gasteiger partial charge in [0.15, 0.2) is 0 Å². The number of hydrogen-bond donors (Lipinski definition) is 0. The van der Waals surface area contributed by atoms with Crippen molar-refractivity contribution >= 4 is 106 Å². The highest BCUT2D eigenvalue weighted by Crippen LogP contribution is 2.51. The van der Waals surface area contributed by atoms with E-state index < -0.39 is 16.1 Å². The monoisotopic (exact) mass is 860 g/mol. The van der Waals surface area contributed by atoms with E-state index in [4.69, 9.17) is 0 Å². The number of anilines is 6. The summed E-state index contributed by atoms with van der Waals surface area (Å²) in [6.07, 6.45) is 8.76. The van der Waals surface area contributed by atoms with E-state index in [-0.39, 0.29) is 0 Å². The number of nitrogens with zero attached hydrogens (tertiary/aromatic N) is 2. The Bertz CT molecular complexity index is 2800. The minimum atomic E-state index is -1.54. The lowest BCUT2D eigenvalue weighted by Crippen LogP contribution is -2.37. The lowest BCUT2D eigenvalue weighted by atomic mass is 9.95. The van der Waals surface area contributed by atoms with E-state index in [9.17, 15) is 0 Å². The Morgan fingerprint density at radius 3 is 0.766 bits per heavy atom. The second-order valence-corrected chi connectivity index (χ2v) is 28.9. The predicted molar refractivity (Wildman–Crippen MR) is 288 cm³/mol. The maximum absolute atomic E-state index is 2.48. The minimum absolute atomic E-state index is 1.11. The summed E-state index contributed by atoms with van der Waals surface area (Å²) in [6, 6.07) is 75.8. The molecule has 0 unspecified atom stereocenters. The van der Waals surface area contributed by atoms with Gasteiger partial charge in [-0.3, -0.25) is 0 Å². The van der Waals surface area contributed by atoms with Gasteiger partial charge in [0.2, 0.25) is 0 Å². The molecule has 0 bridgehead atoms. The van der Waals surface area contributed by atoms with E-state index in [2.05, 4.69) is 280 Å². The molecule has 0 aromatic heterocycles. The first kappa shape index (κ1) is 42.3. The van der Waals surface area contributed by atoms with Gasteiger partial charge in [0.1, 0.15) is 0 Å². The maximum atomic E-state index is 2.48. The van der Waals surface area contributed by atoms with Gasteiger partial charge >= 0.3 is 0 Å². The molecule has 0 radical (unpaired) electrons. The van der Waals surface area contributed by atoms with E-state index in [1.807, 2.05) is 0 Å². The van der Waals surface area contributed by atoms with Crippen molar-refractivity contribution in [3.05, 3.63) is 229 Å². The second kappa shape index (κ2) is 18.0. The zero-order valence-corrected chi connectivity index (χ0v) is 39.8. The first-order valence-corrected chi connectivity index (χ1v) is 29.4. The highest BCUT2D eigenvalue weighted by Gasteiger charge is 2.26. The molecule has 0 fully saturated rings. The second-order valence-electron chi connectivity index (χ2n) is 18.7. The van der Waals surface area contributed by atoms with Gasteiger partial charge in [0.25, 0.3) is 0 Å². The summed E-state index contributed by atoms with van der Waals surface area (Å²) in [5.41, 5.74) is 11.5. The van der Waals surface area contributed by atoms with Gasteiger partial charge in [0, 0.05) is 44.3 Å². The van der Waals surface area contributed by atoms with Gasteiger partial charge in [-0.2, -0.15) is 0 Å². The lowest BCUT2D eigenvalue weighted by molar-refractivity contribution is 1.29. The van der Waals surface area contributed by atoms with Gasteiger partial charge < -0.3 is 9.80 Å². The molecule has 314 valence electrons. The molecule has 0 amide bonds. The molecule has 0 aliphatic rings. The van der Waals surface area contributed by atoms with Gasteiger partial charge in [-0.15, -0.1) is 0 Å². The fourth-order valence-corrected chi connectivity index (χ4v) is 10.9. The van der Waals surface area contributed by atoms with E-state index in [1.54, 1.807) is 0 Å². The van der Waals surface area contributed by atoms with Crippen molar-refractivity contribution in [3.63, 3.8) is 0 Å². The molecular weight excluding hydrogens is 805 g/mol. The Kier molecular flexibility index (Phi) is 11.9. The Labute approximate surface area is 382 Å². The molecule has 0 heterocycles. The van der Waals surface area contributed by atoms with Crippen LogP contribution in [0.15, 0.2) is 206 Å². The largest absolute Gasteiger partial charge is 0.309 e. The molecule has 0 aliphatic heterocycles. The Morgan fingerprint density at radius 2 is 0.500 bits per heavy atom. The summed E-state index contributed by atoms with van der Waals surface area (Å²) in [5, 5.41) is 7.63. The highest BCUT2D eigenvalue weighted by molar-refractivity contribution is 6.89. The van der Waals surface area contributed by atoms with E-state index >= 15 is 0 Å². The van der Waals surface area contributed by atoms with E-state index in [1.165, 1.54) is 54.4 Å². The fraction of sp³-hybridized carbons (Fsp3) is 0.100. The van der Waals surface area contributed by atoms with Crippen molar-refractivity contribution in [2.75, 3.05) is 9.80 Å². The minimum Gasteiger partial charge on any atom is -0.309 e. The fourth-order valence-electron chi connectivity index (χ4n) is 8.58. The van der Waals surface area contributed by atoms with Crippen molar-refractivity contribution < 1.29 is 0 Å². The van der Waals surface area contributed by atoms with Gasteiger partial charge in [-0.1, -0.05) is 232 Å². The van der Waals surface area contributed by atoms with Crippen LogP contribution in [-0.2, 0) is 0 Å². The Hall–Kier alpha value is -6.99. The smallest absolute Gasteiger partial charge is 0.0775 e. The lowest BCUT2D eigenvalue weighted by Gasteiger charge is -2.33. The molecule has 64 heavy (non-hydrogen) atoms. The Balaban J connectivity index is 1.25. The van der Waals surface area contributed by atoms with Crippen LogP contribution in [0.3, 0.4) is 0 Å². The van der Waals surface area contributed by atoms with Crippen LogP contribution in [0.1, 0.15) is 22.3 Å². The molecule has 0 spiro atoms. The first-order valence-electron chi connectivity index (χ1n) is 22.4. The summed E-state index contributed by atoms with van der Waals surface area (Å²) in [7, 11) is -3.08. The molecule has 9 rings (SSSR count). The van der Waals surface area contributed by atoms with Gasteiger partial charge in [0.05, 0.1) is 27.5 Å². The average molecular weight is 861 g/mol. The zero-order valence-electron chi connectivity index (χ0n) is 37.8. The Morgan fingerprint density at radius 1 is 0.266 bits per heavy atom. The molecular formula is C60H56N2Si2. The van der Waals surface area contributed by atoms with Crippen LogP contribution >= 0.6 is 0 Å². The van der Waals surface area contributed by atoms with Crippen LogP contribution in [0, 0.1) is 0 Å². The van der Waals surface area contributed by atoms with Gasteiger partial charge in [-0.05, 0) is 70.8 Å². The summed E-state index contributed by atoms with van der Waals surface area (Å²) in [6.45, 7) is 14.5. The van der Waals surface area contributed by atoms with Crippen molar-refractivity contribution in [1.29, 1.82) is 0 Å². The van der Waals surface area contributed by atoms with Crippen molar-refractivity contribution in [1.82, 2.24) is 0 Å². The molecule has 9 aromatic carbocycles. The third kappa shape index (κ3) is 9.07. The average Bonchev–Trinajstić information content (AvgIpc) is 3.32. The molecule has 0 aliphatic carbocycles. The topological polar surface area (TPSA) is 6.48 Å². The molecule has 0 N–H and O–H groups in total. The molecule has 9 aromatic rings. The maximum Gasteiger partial charge on any atom is 0.0775 e. The van der Waals surface area contributed by atoms with Crippen LogP contribution in [0.25, 0.3) is 45.8 Å². The van der Waals surface area contributed by atoms with Gasteiger partial charge in [-0.25, -0.2) is 0 Å². The van der Waals surface area contributed by atoms with Crippen molar-refractivity contribution in [2.24, 2.45) is 0 Å².